The molecule has 2 aliphatic rings. The molecule has 3 heterocycles. The zero-order chi connectivity index (χ0) is 9.54. The lowest BCUT2D eigenvalue weighted by Gasteiger charge is -2.24. The zero-order valence-electron chi connectivity index (χ0n) is 8.32. The van der Waals surface area contributed by atoms with Gasteiger partial charge in [-0.05, 0) is 6.92 Å². The van der Waals surface area contributed by atoms with E-state index in [0.717, 1.165) is 32.7 Å². The summed E-state index contributed by atoms with van der Waals surface area (Å²) in [5, 5.41) is 1.21. The van der Waals surface area contributed by atoms with Crippen LogP contribution in [0.1, 0.15) is 15.6 Å². The number of epoxide rings is 1. The molecular formula is C10H14N2OS. The lowest BCUT2D eigenvalue weighted by atomic mass is 10.2. The number of aryl methyl sites for hydroxylation is 1. The molecule has 0 aromatic carbocycles. The summed E-state index contributed by atoms with van der Waals surface area (Å²) in [4.78, 5) is 8.49. The number of nitrogens with zero attached hydrogens (tertiary/aromatic N) is 2. The van der Waals surface area contributed by atoms with E-state index in [9.17, 15) is 0 Å². The van der Waals surface area contributed by atoms with Crippen LogP contribution in [0, 0.1) is 6.92 Å². The highest BCUT2D eigenvalue weighted by atomic mass is 32.1. The maximum atomic E-state index is 5.25. The summed E-state index contributed by atoms with van der Waals surface area (Å²) in [5.41, 5.74) is 1.33. The van der Waals surface area contributed by atoms with Crippen molar-refractivity contribution in [3.63, 3.8) is 0 Å². The predicted octanol–water partition coefficient (Wildman–Crippen LogP) is 1.21. The monoisotopic (exact) mass is 210 g/mol. The smallest absolute Gasteiger partial charge is 0.0936 e. The Morgan fingerprint density at radius 2 is 2.50 bits per heavy atom. The van der Waals surface area contributed by atoms with E-state index in [2.05, 4.69) is 16.8 Å². The molecule has 76 valence electrons. The van der Waals surface area contributed by atoms with Crippen LogP contribution in [-0.4, -0.2) is 35.7 Å². The van der Waals surface area contributed by atoms with Gasteiger partial charge in [0.1, 0.15) is 0 Å². The fourth-order valence-electron chi connectivity index (χ4n) is 1.99. The predicted molar refractivity (Wildman–Crippen MR) is 55.6 cm³/mol. The molecule has 2 aliphatic heterocycles. The topological polar surface area (TPSA) is 28.7 Å². The lowest BCUT2D eigenvalue weighted by Crippen LogP contribution is -2.32. The Kier molecular flexibility index (Phi) is 2.08. The van der Waals surface area contributed by atoms with Crippen LogP contribution in [0.2, 0.25) is 0 Å². The number of thiazole rings is 1. The van der Waals surface area contributed by atoms with Gasteiger partial charge in [-0.3, -0.25) is 4.90 Å². The summed E-state index contributed by atoms with van der Waals surface area (Å²) in [6.07, 6.45) is 1.64. The van der Waals surface area contributed by atoms with Crippen molar-refractivity contribution in [1.29, 1.82) is 0 Å². The number of ether oxygens (including phenoxy) is 1. The van der Waals surface area contributed by atoms with E-state index < -0.39 is 0 Å². The van der Waals surface area contributed by atoms with Crippen molar-refractivity contribution in [3.05, 3.63) is 15.6 Å². The molecule has 1 aromatic heterocycles. The number of hydrogen-bond acceptors (Lipinski definition) is 4. The van der Waals surface area contributed by atoms with Crippen LogP contribution in [0.4, 0.5) is 0 Å². The van der Waals surface area contributed by atoms with Gasteiger partial charge in [-0.2, -0.15) is 0 Å². The second kappa shape index (κ2) is 3.29. The molecule has 0 aliphatic carbocycles. The molecule has 3 rings (SSSR count). The lowest BCUT2D eigenvalue weighted by molar-refractivity contribution is 0.227. The van der Waals surface area contributed by atoms with Crippen LogP contribution >= 0.6 is 11.3 Å². The summed E-state index contributed by atoms with van der Waals surface area (Å²) < 4.78 is 5.25. The van der Waals surface area contributed by atoms with Crippen LogP contribution in [-0.2, 0) is 17.7 Å². The van der Waals surface area contributed by atoms with Crippen molar-refractivity contribution in [1.82, 2.24) is 9.88 Å². The average Bonchev–Trinajstić information content (AvgIpc) is 2.86. The molecule has 1 saturated heterocycles. The number of aromatic nitrogens is 1. The Hall–Kier alpha value is -0.450. The maximum Gasteiger partial charge on any atom is 0.0936 e. The van der Waals surface area contributed by atoms with Crippen LogP contribution in [0.25, 0.3) is 0 Å². The van der Waals surface area contributed by atoms with Crippen molar-refractivity contribution in [2.24, 2.45) is 0 Å². The normalized spacial score (nSPS) is 26.2. The molecule has 0 spiro atoms. The van der Waals surface area contributed by atoms with Gasteiger partial charge in [0.05, 0.1) is 23.4 Å². The fourth-order valence-corrected chi connectivity index (χ4v) is 3.02. The number of fused-ring (bicyclic) bond motifs is 1. The summed E-state index contributed by atoms with van der Waals surface area (Å²) in [6.45, 7) is 6.40. The second-order valence-corrected chi connectivity index (χ2v) is 5.33. The minimum atomic E-state index is 0.519. The molecule has 0 N–H and O–H groups in total. The van der Waals surface area contributed by atoms with E-state index in [1.807, 2.05) is 11.3 Å². The molecule has 1 aromatic rings. The Labute approximate surface area is 87.7 Å². The average molecular weight is 210 g/mol. The van der Waals surface area contributed by atoms with Crippen molar-refractivity contribution < 1.29 is 4.74 Å². The number of hydrogen-bond donors (Lipinski definition) is 0. The third-order valence-electron chi connectivity index (χ3n) is 2.78. The van der Waals surface area contributed by atoms with Gasteiger partial charge in [-0.25, -0.2) is 4.98 Å². The molecule has 0 saturated carbocycles. The highest BCUT2D eigenvalue weighted by Gasteiger charge is 2.28. The highest BCUT2D eigenvalue weighted by Crippen LogP contribution is 2.25. The van der Waals surface area contributed by atoms with Gasteiger partial charge in [0.15, 0.2) is 0 Å². The van der Waals surface area contributed by atoms with Gasteiger partial charge in [0.2, 0.25) is 0 Å². The third-order valence-corrected chi connectivity index (χ3v) is 3.78. The maximum absolute atomic E-state index is 5.25. The first kappa shape index (κ1) is 8.83. The summed E-state index contributed by atoms with van der Waals surface area (Å²) in [5.74, 6) is 0. The Balaban J connectivity index is 1.71. The van der Waals surface area contributed by atoms with Crippen molar-refractivity contribution in [3.8, 4) is 0 Å². The van der Waals surface area contributed by atoms with Gasteiger partial charge in [0, 0.05) is 30.9 Å². The molecule has 14 heavy (non-hydrogen) atoms. The molecule has 3 nitrogen and oxygen atoms in total. The molecule has 1 atom stereocenters. The molecule has 0 bridgehead atoms. The fraction of sp³-hybridized carbons (Fsp3) is 0.700. The van der Waals surface area contributed by atoms with E-state index in [4.69, 9.17) is 4.74 Å². The van der Waals surface area contributed by atoms with Gasteiger partial charge in [0.25, 0.3) is 0 Å². The minimum Gasteiger partial charge on any atom is -0.372 e. The van der Waals surface area contributed by atoms with Crippen LogP contribution < -0.4 is 0 Å². The SMILES string of the molecule is Cc1nc2c(s1)CN(CC1CO1)CC2. The van der Waals surface area contributed by atoms with E-state index in [0.29, 0.717) is 6.10 Å². The van der Waals surface area contributed by atoms with E-state index >= 15 is 0 Å². The molecule has 1 unspecified atom stereocenters. The molecule has 4 heteroatoms. The van der Waals surface area contributed by atoms with Crippen LogP contribution in [0.5, 0.6) is 0 Å². The second-order valence-electron chi connectivity index (χ2n) is 4.04. The zero-order valence-corrected chi connectivity index (χ0v) is 9.14. The molecular weight excluding hydrogens is 196 g/mol. The molecule has 1 fully saturated rings. The summed E-state index contributed by atoms with van der Waals surface area (Å²) >= 11 is 1.85. The summed E-state index contributed by atoms with van der Waals surface area (Å²) in [6, 6.07) is 0. The Bertz CT molecular complexity index is 346. The molecule has 0 radical (unpaired) electrons. The van der Waals surface area contributed by atoms with E-state index in [1.54, 1.807) is 0 Å². The van der Waals surface area contributed by atoms with Crippen LogP contribution in [0.3, 0.4) is 0 Å². The van der Waals surface area contributed by atoms with Gasteiger partial charge >= 0.3 is 0 Å². The minimum absolute atomic E-state index is 0.519. The standard InChI is InChI=1S/C10H14N2OS/c1-7-11-9-2-3-12(4-8-6-13-8)5-10(9)14-7/h8H,2-6H2,1H3. The van der Waals surface area contributed by atoms with Gasteiger partial charge < -0.3 is 4.74 Å². The quantitative estimate of drug-likeness (QED) is 0.687. The van der Waals surface area contributed by atoms with Gasteiger partial charge in [-0.1, -0.05) is 0 Å². The Morgan fingerprint density at radius 3 is 3.29 bits per heavy atom. The van der Waals surface area contributed by atoms with Crippen molar-refractivity contribution >= 4 is 11.3 Å². The van der Waals surface area contributed by atoms with Crippen molar-refractivity contribution in [2.45, 2.75) is 26.0 Å². The molecule has 0 amide bonds. The van der Waals surface area contributed by atoms with Crippen molar-refractivity contribution in [2.75, 3.05) is 19.7 Å². The Morgan fingerprint density at radius 1 is 1.64 bits per heavy atom. The van der Waals surface area contributed by atoms with Gasteiger partial charge in [-0.15, -0.1) is 11.3 Å². The first-order valence-corrected chi connectivity index (χ1v) is 5.92. The summed E-state index contributed by atoms with van der Waals surface area (Å²) in [7, 11) is 0. The number of rotatable bonds is 2. The first-order chi connectivity index (χ1) is 6.81. The van der Waals surface area contributed by atoms with E-state index in [-0.39, 0.29) is 0 Å². The third kappa shape index (κ3) is 1.69. The highest BCUT2D eigenvalue weighted by molar-refractivity contribution is 7.11. The van der Waals surface area contributed by atoms with Crippen LogP contribution in [0.15, 0.2) is 0 Å². The first-order valence-electron chi connectivity index (χ1n) is 5.10. The van der Waals surface area contributed by atoms with E-state index in [1.165, 1.54) is 15.6 Å². The largest absolute Gasteiger partial charge is 0.372 e.